The maximum Gasteiger partial charge on any atom is 0.166 e. The molecule has 2 aromatic heterocycles. The summed E-state index contributed by atoms with van der Waals surface area (Å²) in [6.45, 7) is 0. The molecule has 0 fully saturated rings. The average Bonchev–Trinajstić information content (AvgIpc) is 3.53. The van der Waals surface area contributed by atoms with Crippen molar-refractivity contribution in [3.05, 3.63) is 170 Å². The van der Waals surface area contributed by atoms with Crippen LogP contribution in [0.25, 0.3) is 72.4 Å². The van der Waals surface area contributed by atoms with Crippen molar-refractivity contribution in [1.29, 1.82) is 0 Å². The molecule has 0 radical (unpaired) electrons. The fraction of sp³-hybridized carbons (Fsp3) is 0. The predicted octanol–water partition coefficient (Wildman–Crippen LogP) is 10.9. The minimum Gasteiger partial charge on any atom is -0.457 e. The topological polar surface area (TPSA) is 52.8 Å². The molecular formula is C43H28N4O. The first-order chi connectivity index (χ1) is 23.8. The molecule has 48 heavy (non-hydrogen) atoms. The molecule has 0 aliphatic carbocycles. The molecule has 0 N–H and O–H groups in total. The third kappa shape index (κ3) is 4.77. The van der Waals surface area contributed by atoms with E-state index in [1.807, 2.05) is 103 Å². The Kier molecular flexibility index (Phi) is 6.72. The van der Waals surface area contributed by atoms with Gasteiger partial charge in [0.15, 0.2) is 17.5 Å². The van der Waals surface area contributed by atoms with E-state index >= 15 is 0 Å². The second-order valence-corrected chi connectivity index (χ2v) is 11.6. The fourth-order valence-corrected chi connectivity index (χ4v) is 6.52. The maximum atomic E-state index is 6.67. The van der Waals surface area contributed by atoms with E-state index < -0.39 is 0 Å². The highest BCUT2D eigenvalue weighted by Gasteiger charge is 2.24. The number of ether oxygens (including phenoxy) is 1. The van der Waals surface area contributed by atoms with Gasteiger partial charge >= 0.3 is 0 Å². The first-order valence-electron chi connectivity index (χ1n) is 16.0. The van der Waals surface area contributed by atoms with Crippen LogP contribution in [0.4, 0.5) is 0 Å². The van der Waals surface area contributed by atoms with E-state index in [-0.39, 0.29) is 0 Å². The lowest BCUT2D eigenvalue weighted by atomic mass is 10.0. The Morgan fingerprint density at radius 3 is 1.65 bits per heavy atom. The van der Waals surface area contributed by atoms with Crippen molar-refractivity contribution in [2.45, 2.75) is 0 Å². The van der Waals surface area contributed by atoms with Gasteiger partial charge in [-0.3, -0.25) is 0 Å². The van der Waals surface area contributed by atoms with Crippen molar-refractivity contribution in [3.8, 4) is 51.3 Å². The van der Waals surface area contributed by atoms with Gasteiger partial charge in [-0.15, -0.1) is 0 Å². The second kappa shape index (κ2) is 11.6. The van der Waals surface area contributed by atoms with Gasteiger partial charge in [0, 0.05) is 33.2 Å². The highest BCUT2D eigenvalue weighted by Crippen LogP contribution is 2.45. The molecule has 2 heterocycles. The molecule has 9 rings (SSSR count). The third-order valence-electron chi connectivity index (χ3n) is 8.68. The first-order valence-corrected chi connectivity index (χ1v) is 16.0. The second-order valence-electron chi connectivity index (χ2n) is 11.6. The van der Waals surface area contributed by atoms with Crippen LogP contribution in [-0.2, 0) is 0 Å². The summed E-state index contributed by atoms with van der Waals surface area (Å²) in [4.78, 5) is 15.3. The summed E-state index contributed by atoms with van der Waals surface area (Å²) < 4.78 is 9.01. The van der Waals surface area contributed by atoms with E-state index in [9.17, 15) is 0 Å². The lowest BCUT2D eigenvalue weighted by Crippen LogP contribution is -2.02. The summed E-state index contributed by atoms with van der Waals surface area (Å²) in [5.41, 5.74) is 5.82. The monoisotopic (exact) mass is 616 g/mol. The van der Waals surface area contributed by atoms with Crippen LogP contribution in [0.15, 0.2) is 170 Å². The SMILES string of the molecule is c1ccc(Oc2ccc(-c3nc(-c4ccccc4)nc(-c4ccccc4)n3)c3c2c2ccc4ccccc4c2n3-c2ccccc2)cc1. The van der Waals surface area contributed by atoms with Crippen molar-refractivity contribution in [2.75, 3.05) is 0 Å². The van der Waals surface area contributed by atoms with Gasteiger partial charge in [0.25, 0.3) is 0 Å². The van der Waals surface area contributed by atoms with Gasteiger partial charge in [0.1, 0.15) is 11.5 Å². The van der Waals surface area contributed by atoms with Crippen LogP contribution in [0.5, 0.6) is 11.5 Å². The van der Waals surface area contributed by atoms with Gasteiger partial charge < -0.3 is 9.30 Å². The van der Waals surface area contributed by atoms with Crippen molar-refractivity contribution in [3.63, 3.8) is 0 Å². The molecule has 5 heteroatoms. The maximum absolute atomic E-state index is 6.67. The summed E-state index contributed by atoms with van der Waals surface area (Å²) in [5, 5.41) is 4.39. The number of rotatable bonds is 6. The van der Waals surface area contributed by atoms with Crippen molar-refractivity contribution < 1.29 is 4.74 Å². The van der Waals surface area contributed by atoms with Gasteiger partial charge in [0.05, 0.1) is 16.4 Å². The molecule has 0 saturated heterocycles. The Balaban J connectivity index is 1.43. The van der Waals surface area contributed by atoms with E-state index in [0.29, 0.717) is 17.5 Å². The summed E-state index contributed by atoms with van der Waals surface area (Å²) >= 11 is 0. The Morgan fingerprint density at radius 2 is 0.979 bits per heavy atom. The predicted molar refractivity (Wildman–Crippen MR) is 194 cm³/mol. The lowest BCUT2D eigenvalue weighted by Gasteiger charge is -2.15. The molecule has 9 aromatic rings. The normalized spacial score (nSPS) is 11.3. The van der Waals surface area contributed by atoms with E-state index in [2.05, 4.69) is 71.3 Å². The molecule has 5 nitrogen and oxygen atoms in total. The summed E-state index contributed by atoms with van der Waals surface area (Å²) in [7, 11) is 0. The van der Waals surface area contributed by atoms with Crippen molar-refractivity contribution in [2.24, 2.45) is 0 Å². The van der Waals surface area contributed by atoms with Crippen LogP contribution >= 0.6 is 0 Å². The van der Waals surface area contributed by atoms with Crippen LogP contribution in [0.1, 0.15) is 0 Å². The van der Waals surface area contributed by atoms with Crippen LogP contribution in [0.2, 0.25) is 0 Å². The quantitative estimate of drug-likeness (QED) is 0.186. The molecule has 0 atom stereocenters. The zero-order chi connectivity index (χ0) is 31.9. The molecule has 0 aliphatic rings. The number of benzene rings is 7. The molecule has 0 saturated carbocycles. The Hall–Kier alpha value is -6.59. The number of hydrogen-bond acceptors (Lipinski definition) is 4. The first kappa shape index (κ1) is 27.7. The van der Waals surface area contributed by atoms with Gasteiger partial charge in [0.2, 0.25) is 0 Å². The zero-order valence-corrected chi connectivity index (χ0v) is 25.9. The Labute approximate surface area is 277 Å². The van der Waals surface area contributed by atoms with E-state index in [1.165, 1.54) is 0 Å². The zero-order valence-electron chi connectivity index (χ0n) is 25.9. The molecule has 0 amide bonds. The average molecular weight is 617 g/mol. The standard InChI is InChI=1S/C43H28N4O/c1-5-16-30(17-6-1)41-44-42(31-18-7-2-8-19-31)46-43(45-41)36-27-28-37(48-33-22-11-4-12-23-33)38-35-26-25-29-15-13-14-24-34(29)39(35)47(40(36)38)32-20-9-3-10-21-32/h1-28H. The summed E-state index contributed by atoms with van der Waals surface area (Å²) in [6, 6.07) is 57.7. The van der Waals surface area contributed by atoms with Gasteiger partial charge in [-0.25, -0.2) is 15.0 Å². The number of hydrogen-bond donors (Lipinski definition) is 0. The molecule has 0 bridgehead atoms. The largest absolute Gasteiger partial charge is 0.457 e. The molecule has 0 spiro atoms. The van der Waals surface area contributed by atoms with Crippen molar-refractivity contribution >= 4 is 32.6 Å². The molecular weight excluding hydrogens is 589 g/mol. The van der Waals surface area contributed by atoms with E-state index in [4.69, 9.17) is 19.7 Å². The number of aromatic nitrogens is 4. The molecule has 0 unspecified atom stereocenters. The van der Waals surface area contributed by atoms with Crippen LogP contribution in [0, 0.1) is 0 Å². The smallest absolute Gasteiger partial charge is 0.166 e. The molecule has 7 aromatic carbocycles. The van der Waals surface area contributed by atoms with E-state index in [0.717, 1.165) is 66.5 Å². The van der Waals surface area contributed by atoms with Crippen molar-refractivity contribution in [1.82, 2.24) is 19.5 Å². The summed E-state index contributed by atoms with van der Waals surface area (Å²) in [5.74, 6) is 3.35. The highest BCUT2D eigenvalue weighted by atomic mass is 16.5. The van der Waals surface area contributed by atoms with Crippen LogP contribution in [-0.4, -0.2) is 19.5 Å². The van der Waals surface area contributed by atoms with Crippen LogP contribution < -0.4 is 4.74 Å². The summed E-state index contributed by atoms with van der Waals surface area (Å²) in [6.07, 6.45) is 0. The minimum absolute atomic E-state index is 0.586. The Morgan fingerprint density at radius 1 is 0.417 bits per heavy atom. The van der Waals surface area contributed by atoms with Gasteiger partial charge in [-0.1, -0.05) is 133 Å². The fourth-order valence-electron chi connectivity index (χ4n) is 6.52. The lowest BCUT2D eigenvalue weighted by molar-refractivity contribution is 0.488. The van der Waals surface area contributed by atoms with E-state index in [1.54, 1.807) is 0 Å². The number of para-hydroxylation sites is 2. The minimum atomic E-state index is 0.586. The number of nitrogens with zero attached hydrogens (tertiary/aromatic N) is 4. The van der Waals surface area contributed by atoms with Gasteiger partial charge in [-0.2, -0.15) is 0 Å². The number of fused-ring (bicyclic) bond motifs is 5. The Bertz CT molecular complexity index is 2510. The molecule has 0 aliphatic heterocycles. The third-order valence-corrected chi connectivity index (χ3v) is 8.68. The van der Waals surface area contributed by atoms with Crippen LogP contribution in [0.3, 0.4) is 0 Å². The highest BCUT2D eigenvalue weighted by molar-refractivity contribution is 6.22. The van der Waals surface area contributed by atoms with Gasteiger partial charge in [-0.05, 0) is 41.8 Å². The molecule has 226 valence electrons.